The fourth-order valence-electron chi connectivity index (χ4n) is 3.94. The second kappa shape index (κ2) is 11.5. The third-order valence-corrected chi connectivity index (χ3v) is 5.49. The molecule has 0 amide bonds. The molecular weight excluding hydrogens is 282 g/mol. The number of hydrogen-bond donors (Lipinski definition) is 0. The molecule has 1 unspecified atom stereocenters. The number of ether oxygens (including phenoxy) is 1. The fourth-order valence-corrected chi connectivity index (χ4v) is 3.94. The Bertz CT molecular complexity index is 276. The number of likely N-dealkylation sites (tertiary alicyclic amines) is 1. The van der Waals surface area contributed by atoms with E-state index in [1.807, 2.05) is 0 Å². The molecule has 1 aliphatic carbocycles. The third-order valence-electron chi connectivity index (χ3n) is 5.49. The molecule has 0 aromatic heterocycles. The fraction of sp³-hybridized carbons (Fsp3) is 1.00. The van der Waals surface area contributed by atoms with Gasteiger partial charge in [-0.3, -0.25) is 0 Å². The van der Waals surface area contributed by atoms with Crippen LogP contribution in [0.4, 0.5) is 0 Å². The largest absolute Gasteiger partial charge is 0.375 e. The first-order valence-corrected chi connectivity index (χ1v) is 10.2. The minimum Gasteiger partial charge on any atom is -0.375 e. The summed E-state index contributed by atoms with van der Waals surface area (Å²) in [4.78, 5) is 2.43. The van der Waals surface area contributed by atoms with Gasteiger partial charge in [-0.05, 0) is 76.9 Å². The summed E-state index contributed by atoms with van der Waals surface area (Å²) in [7, 11) is 2.22. The monoisotopic (exact) mass is 325 g/mol. The predicted octanol–water partition coefficient (Wildman–Crippen LogP) is 5.75. The van der Waals surface area contributed by atoms with Gasteiger partial charge >= 0.3 is 0 Å². The second-order valence-electron chi connectivity index (χ2n) is 8.72. The summed E-state index contributed by atoms with van der Waals surface area (Å²) in [6.45, 7) is 14.0. The molecule has 0 aromatic carbocycles. The van der Waals surface area contributed by atoms with E-state index in [1.165, 1.54) is 64.5 Å². The smallest absolute Gasteiger partial charge is 0.0578 e. The topological polar surface area (TPSA) is 12.5 Å². The normalized spacial score (nSPS) is 23.0. The van der Waals surface area contributed by atoms with E-state index in [9.17, 15) is 0 Å². The zero-order valence-electron chi connectivity index (χ0n) is 16.8. The molecule has 138 valence electrons. The summed E-state index contributed by atoms with van der Waals surface area (Å²) < 4.78 is 6.00. The zero-order valence-corrected chi connectivity index (χ0v) is 16.8. The molecule has 2 rings (SSSR count). The Hall–Kier alpha value is -0.0800. The quantitative estimate of drug-likeness (QED) is 0.637. The van der Waals surface area contributed by atoms with Crippen molar-refractivity contribution in [3.05, 3.63) is 0 Å². The predicted molar refractivity (Wildman–Crippen MR) is 102 cm³/mol. The van der Waals surface area contributed by atoms with Gasteiger partial charge in [0.2, 0.25) is 0 Å². The van der Waals surface area contributed by atoms with Crippen molar-refractivity contribution in [2.75, 3.05) is 20.1 Å². The third kappa shape index (κ3) is 9.72. The molecule has 2 aliphatic rings. The van der Waals surface area contributed by atoms with Crippen molar-refractivity contribution in [3.8, 4) is 0 Å². The molecule has 0 spiro atoms. The van der Waals surface area contributed by atoms with Gasteiger partial charge in [-0.2, -0.15) is 0 Å². The van der Waals surface area contributed by atoms with Crippen LogP contribution >= 0.6 is 0 Å². The summed E-state index contributed by atoms with van der Waals surface area (Å²) in [6.07, 6.45) is 11.8. The first-order valence-electron chi connectivity index (χ1n) is 10.2. The molecule has 0 bridgehead atoms. The van der Waals surface area contributed by atoms with E-state index < -0.39 is 0 Å². The maximum atomic E-state index is 6.00. The van der Waals surface area contributed by atoms with Crippen molar-refractivity contribution < 1.29 is 4.74 Å². The van der Waals surface area contributed by atoms with Crippen molar-refractivity contribution in [2.24, 2.45) is 17.8 Å². The lowest BCUT2D eigenvalue weighted by Crippen LogP contribution is -2.32. The SMILES string of the molecule is CC(C)C1CCN(C)CC1.CC(C)CC(C)OC1CCCCC1. The van der Waals surface area contributed by atoms with Crippen molar-refractivity contribution in [3.63, 3.8) is 0 Å². The number of hydrogen-bond acceptors (Lipinski definition) is 2. The Morgan fingerprint density at radius 3 is 1.91 bits per heavy atom. The number of rotatable bonds is 5. The maximum absolute atomic E-state index is 6.00. The zero-order chi connectivity index (χ0) is 17.2. The van der Waals surface area contributed by atoms with Crippen LogP contribution in [0.25, 0.3) is 0 Å². The van der Waals surface area contributed by atoms with Gasteiger partial charge in [-0.25, -0.2) is 0 Å². The first kappa shape index (κ1) is 21.0. The average Bonchev–Trinajstić information content (AvgIpc) is 2.48. The summed E-state index contributed by atoms with van der Waals surface area (Å²) in [5, 5.41) is 0. The Labute approximate surface area is 146 Å². The molecule has 0 aromatic rings. The molecule has 2 heteroatoms. The Morgan fingerprint density at radius 2 is 1.43 bits per heavy atom. The Morgan fingerprint density at radius 1 is 0.870 bits per heavy atom. The summed E-state index contributed by atoms with van der Waals surface area (Å²) in [5.74, 6) is 2.66. The molecule has 1 aliphatic heterocycles. The van der Waals surface area contributed by atoms with Crippen molar-refractivity contribution in [1.82, 2.24) is 4.90 Å². The van der Waals surface area contributed by atoms with Gasteiger partial charge in [0.05, 0.1) is 12.2 Å². The molecule has 2 fully saturated rings. The lowest BCUT2D eigenvalue weighted by Gasteiger charge is -2.31. The van der Waals surface area contributed by atoms with Crippen LogP contribution < -0.4 is 0 Å². The minimum absolute atomic E-state index is 0.461. The van der Waals surface area contributed by atoms with Crippen LogP contribution in [-0.2, 0) is 4.74 Å². The molecule has 0 N–H and O–H groups in total. The van der Waals surface area contributed by atoms with Crippen LogP contribution in [0.15, 0.2) is 0 Å². The van der Waals surface area contributed by atoms with Crippen molar-refractivity contribution in [1.29, 1.82) is 0 Å². The highest BCUT2D eigenvalue weighted by Gasteiger charge is 2.19. The maximum Gasteiger partial charge on any atom is 0.0578 e. The van der Waals surface area contributed by atoms with E-state index in [0.717, 1.165) is 17.8 Å². The molecule has 2 nitrogen and oxygen atoms in total. The van der Waals surface area contributed by atoms with Crippen LogP contribution in [0.2, 0.25) is 0 Å². The molecule has 23 heavy (non-hydrogen) atoms. The minimum atomic E-state index is 0.461. The molecule has 1 atom stereocenters. The molecule has 1 heterocycles. The lowest BCUT2D eigenvalue weighted by atomic mass is 9.87. The first-order chi connectivity index (χ1) is 10.9. The summed E-state index contributed by atoms with van der Waals surface area (Å²) in [6, 6.07) is 0. The van der Waals surface area contributed by atoms with Crippen LogP contribution in [0.3, 0.4) is 0 Å². The van der Waals surface area contributed by atoms with Crippen LogP contribution in [0.1, 0.15) is 86.0 Å². The van der Waals surface area contributed by atoms with Gasteiger partial charge in [0.15, 0.2) is 0 Å². The number of nitrogens with zero attached hydrogens (tertiary/aromatic N) is 1. The lowest BCUT2D eigenvalue weighted by molar-refractivity contribution is -0.0290. The van der Waals surface area contributed by atoms with E-state index in [0.29, 0.717) is 12.2 Å². The molecule has 1 saturated heterocycles. The van der Waals surface area contributed by atoms with Gasteiger partial charge < -0.3 is 9.64 Å². The molecule has 0 radical (unpaired) electrons. The van der Waals surface area contributed by atoms with Crippen LogP contribution in [-0.4, -0.2) is 37.2 Å². The second-order valence-corrected chi connectivity index (χ2v) is 8.72. The highest BCUT2D eigenvalue weighted by atomic mass is 16.5. The van der Waals surface area contributed by atoms with Gasteiger partial charge in [0.25, 0.3) is 0 Å². The van der Waals surface area contributed by atoms with Gasteiger partial charge in [-0.1, -0.05) is 47.0 Å². The Balaban J connectivity index is 0.000000238. The summed E-state index contributed by atoms with van der Waals surface area (Å²) in [5.41, 5.74) is 0. The molecular formula is C21H43NO. The highest BCUT2D eigenvalue weighted by Crippen LogP contribution is 2.23. The Kier molecular flexibility index (Phi) is 10.5. The van der Waals surface area contributed by atoms with Crippen molar-refractivity contribution >= 4 is 0 Å². The molecule has 1 saturated carbocycles. The van der Waals surface area contributed by atoms with Crippen molar-refractivity contribution in [2.45, 2.75) is 98.2 Å². The van der Waals surface area contributed by atoms with Crippen LogP contribution in [0, 0.1) is 17.8 Å². The van der Waals surface area contributed by atoms with Crippen LogP contribution in [0.5, 0.6) is 0 Å². The average molecular weight is 326 g/mol. The summed E-state index contributed by atoms with van der Waals surface area (Å²) >= 11 is 0. The highest BCUT2D eigenvalue weighted by molar-refractivity contribution is 4.71. The van der Waals surface area contributed by atoms with E-state index in [2.05, 4.69) is 46.6 Å². The van der Waals surface area contributed by atoms with E-state index in [4.69, 9.17) is 4.74 Å². The van der Waals surface area contributed by atoms with E-state index in [1.54, 1.807) is 0 Å². The van der Waals surface area contributed by atoms with E-state index in [-0.39, 0.29) is 0 Å². The number of piperidine rings is 1. The van der Waals surface area contributed by atoms with Gasteiger partial charge in [0, 0.05) is 0 Å². The standard InChI is InChI=1S/C12H24O.C9H19N/c1-10(2)9-11(3)13-12-7-5-4-6-8-12;1-8(2)9-4-6-10(3)7-5-9/h10-12H,4-9H2,1-3H3;8-9H,4-7H2,1-3H3. The van der Waals surface area contributed by atoms with Gasteiger partial charge in [0.1, 0.15) is 0 Å². The van der Waals surface area contributed by atoms with Gasteiger partial charge in [-0.15, -0.1) is 0 Å². The van der Waals surface area contributed by atoms with E-state index >= 15 is 0 Å².